The van der Waals surface area contributed by atoms with E-state index in [-0.39, 0.29) is 0 Å². The van der Waals surface area contributed by atoms with Crippen LogP contribution in [0, 0.1) is 0 Å². The maximum Gasteiger partial charge on any atom is 0.227 e. The molecule has 45 heavy (non-hydrogen) atoms. The van der Waals surface area contributed by atoms with Crippen molar-refractivity contribution >= 4 is 60.9 Å². The van der Waals surface area contributed by atoms with E-state index in [1.165, 1.54) is 21.9 Å². The third-order valence-corrected chi connectivity index (χ3v) is 8.47. The largest absolute Gasteiger partial charge is 0.456 e. The van der Waals surface area contributed by atoms with E-state index in [9.17, 15) is 0 Å². The number of rotatable bonds is 5. The van der Waals surface area contributed by atoms with Gasteiger partial charge in [-0.2, -0.15) is 0 Å². The molecule has 2 aromatic heterocycles. The van der Waals surface area contributed by atoms with Crippen LogP contribution in [0.2, 0.25) is 0 Å². The van der Waals surface area contributed by atoms with Gasteiger partial charge in [0.15, 0.2) is 5.58 Å². The summed E-state index contributed by atoms with van der Waals surface area (Å²) >= 11 is 0. The van der Waals surface area contributed by atoms with Gasteiger partial charge in [0.25, 0.3) is 0 Å². The van der Waals surface area contributed by atoms with E-state index >= 15 is 0 Å². The Balaban J connectivity index is 1.19. The first-order valence-corrected chi connectivity index (χ1v) is 15.0. The lowest BCUT2D eigenvalue weighted by atomic mass is 10.0. The molecule has 0 radical (unpaired) electrons. The summed E-state index contributed by atoms with van der Waals surface area (Å²) in [4.78, 5) is 7.14. The van der Waals surface area contributed by atoms with Gasteiger partial charge in [-0.15, -0.1) is 0 Å². The Morgan fingerprint density at radius 3 is 1.98 bits per heavy atom. The van der Waals surface area contributed by atoms with Gasteiger partial charge < -0.3 is 13.7 Å². The third-order valence-electron chi connectivity index (χ3n) is 8.47. The first kappa shape index (κ1) is 25.4. The second-order valence-electron chi connectivity index (χ2n) is 11.2. The average Bonchev–Trinajstić information content (AvgIpc) is 3.69. The van der Waals surface area contributed by atoms with Crippen molar-refractivity contribution in [3.63, 3.8) is 0 Å². The number of nitrogens with zero attached hydrogens (tertiary/aromatic N) is 2. The Bertz CT molecular complexity index is 2480. The van der Waals surface area contributed by atoms with E-state index in [2.05, 4.69) is 114 Å². The minimum absolute atomic E-state index is 0.597. The summed E-state index contributed by atoms with van der Waals surface area (Å²) in [5.41, 5.74) is 9.53. The van der Waals surface area contributed by atoms with Crippen molar-refractivity contribution in [2.24, 2.45) is 0 Å². The molecule has 7 aromatic carbocycles. The molecule has 4 heteroatoms. The van der Waals surface area contributed by atoms with Crippen molar-refractivity contribution in [2.75, 3.05) is 4.90 Å². The molecule has 0 atom stereocenters. The molecule has 0 spiro atoms. The fourth-order valence-electron chi connectivity index (χ4n) is 6.30. The van der Waals surface area contributed by atoms with Crippen LogP contribution < -0.4 is 4.90 Å². The topological polar surface area (TPSA) is 42.4 Å². The van der Waals surface area contributed by atoms with E-state index in [0.717, 1.165) is 50.1 Å². The lowest BCUT2D eigenvalue weighted by molar-refractivity contribution is 0.617. The molecular formula is C41H26N2O2. The molecule has 0 aliphatic carbocycles. The maximum absolute atomic E-state index is 6.44. The molecule has 0 unspecified atom stereocenters. The summed E-state index contributed by atoms with van der Waals surface area (Å²) in [6.07, 6.45) is 0. The SMILES string of the molecule is c1ccc(-c2nc3cc4c(cc3o2)oc2cccc(N(c3ccccc3)c3ccc(-c5ccc6ccccc6c5)cc3)c24)cc1. The molecule has 9 rings (SSSR count). The van der Waals surface area contributed by atoms with E-state index in [1.54, 1.807) is 0 Å². The molecule has 2 heterocycles. The monoisotopic (exact) mass is 578 g/mol. The van der Waals surface area contributed by atoms with Crippen molar-refractivity contribution in [3.05, 3.63) is 158 Å². The minimum Gasteiger partial charge on any atom is -0.456 e. The fourth-order valence-corrected chi connectivity index (χ4v) is 6.30. The number of fused-ring (bicyclic) bond motifs is 5. The lowest BCUT2D eigenvalue weighted by Gasteiger charge is -2.26. The Morgan fingerprint density at radius 1 is 0.444 bits per heavy atom. The third kappa shape index (κ3) is 4.35. The molecule has 9 aromatic rings. The van der Waals surface area contributed by atoms with Crippen LogP contribution in [0.1, 0.15) is 0 Å². The standard InChI is InChI=1S/C41H26N2O2/c1-3-11-29(12-4-1)41-42-35-25-34-38(26-39(35)45-41)44-37-17-9-16-36(40(34)37)43(32-14-5-2-6-15-32)33-22-20-28(21-23-33)31-19-18-27-10-7-8-13-30(27)24-31/h1-26H. The first-order chi connectivity index (χ1) is 22.3. The molecule has 212 valence electrons. The van der Waals surface area contributed by atoms with Crippen molar-refractivity contribution < 1.29 is 8.83 Å². The van der Waals surface area contributed by atoms with Crippen LogP contribution in [0.5, 0.6) is 0 Å². The average molecular weight is 579 g/mol. The smallest absolute Gasteiger partial charge is 0.227 e. The molecule has 0 N–H and O–H groups in total. The van der Waals surface area contributed by atoms with E-state index in [4.69, 9.17) is 13.8 Å². The van der Waals surface area contributed by atoms with Crippen molar-refractivity contribution in [3.8, 4) is 22.6 Å². The van der Waals surface area contributed by atoms with Gasteiger partial charge >= 0.3 is 0 Å². The fraction of sp³-hybridized carbons (Fsp3) is 0. The molecule has 0 saturated heterocycles. The number of oxazole rings is 1. The first-order valence-electron chi connectivity index (χ1n) is 15.0. The predicted molar refractivity (Wildman–Crippen MR) is 184 cm³/mol. The van der Waals surface area contributed by atoms with Crippen LogP contribution in [0.15, 0.2) is 167 Å². The van der Waals surface area contributed by atoms with Gasteiger partial charge in [-0.25, -0.2) is 4.98 Å². The van der Waals surface area contributed by atoms with Crippen molar-refractivity contribution in [1.29, 1.82) is 0 Å². The normalized spacial score (nSPS) is 11.6. The maximum atomic E-state index is 6.44. The van der Waals surface area contributed by atoms with Gasteiger partial charge in [-0.3, -0.25) is 0 Å². The van der Waals surface area contributed by atoms with Crippen LogP contribution in [0.25, 0.3) is 66.4 Å². The van der Waals surface area contributed by atoms with Crippen LogP contribution in [0.3, 0.4) is 0 Å². The molecule has 0 bridgehead atoms. The number of furan rings is 1. The second kappa shape index (κ2) is 10.2. The Kier molecular flexibility index (Phi) is 5.78. The summed E-state index contributed by atoms with van der Waals surface area (Å²) in [5.74, 6) is 0.597. The highest BCUT2D eigenvalue weighted by atomic mass is 16.4. The highest BCUT2D eigenvalue weighted by molar-refractivity contribution is 6.15. The number of benzene rings is 7. The molecule has 0 saturated carbocycles. The van der Waals surface area contributed by atoms with Gasteiger partial charge in [0.2, 0.25) is 5.89 Å². The number of para-hydroxylation sites is 1. The molecule has 0 fully saturated rings. The number of hydrogen-bond donors (Lipinski definition) is 0. The minimum atomic E-state index is 0.597. The van der Waals surface area contributed by atoms with E-state index in [1.807, 2.05) is 48.5 Å². The highest BCUT2D eigenvalue weighted by Gasteiger charge is 2.21. The van der Waals surface area contributed by atoms with Gasteiger partial charge in [0.05, 0.1) is 11.1 Å². The lowest BCUT2D eigenvalue weighted by Crippen LogP contribution is -2.10. The Labute approximate surface area is 259 Å². The molecular weight excluding hydrogens is 552 g/mol. The molecule has 0 aliphatic heterocycles. The zero-order valence-corrected chi connectivity index (χ0v) is 24.2. The quantitative estimate of drug-likeness (QED) is 0.204. The van der Waals surface area contributed by atoms with Crippen LogP contribution in [0.4, 0.5) is 17.1 Å². The van der Waals surface area contributed by atoms with Crippen LogP contribution in [-0.4, -0.2) is 4.98 Å². The summed E-state index contributed by atoms with van der Waals surface area (Å²) in [6, 6.07) is 54.6. The highest BCUT2D eigenvalue weighted by Crippen LogP contribution is 2.44. The number of hydrogen-bond acceptors (Lipinski definition) is 4. The van der Waals surface area contributed by atoms with Gasteiger partial charge in [-0.1, -0.05) is 91.0 Å². The van der Waals surface area contributed by atoms with Gasteiger partial charge in [-0.05, 0) is 82.6 Å². The van der Waals surface area contributed by atoms with E-state index in [0.29, 0.717) is 11.5 Å². The molecule has 0 amide bonds. The van der Waals surface area contributed by atoms with Crippen molar-refractivity contribution in [1.82, 2.24) is 4.98 Å². The zero-order chi connectivity index (χ0) is 29.7. The number of aromatic nitrogens is 1. The molecule has 0 aliphatic rings. The van der Waals surface area contributed by atoms with E-state index < -0.39 is 0 Å². The summed E-state index contributed by atoms with van der Waals surface area (Å²) in [5, 5.41) is 4.50. The number of anilines is 3. The summed E-state index contributed by atoms with van der Waals surface area (Å²) < 4.78 is 12.6. The predicted octanol–water partition coefficient (Wildman–Crippen LogP) is 11.7. The van der Waals surface area contributed by atoms with Crippen LogP contribution in [-0.2, 0) is 0 Å². The summed E-state index contributed by atoms with van der Waals surface area (Å²) in [6.45, 7) is 0. The Hall–Kier alpha value is -6.13. The Morgan fingerprint density at radius 2 is 1.16 bits per heavy atom. The van der Waals surface area contributed by atoms with Crippen LogP contribution >= 0.6 is 0 Å². The van der Waals surface area contributed by atoms with Gasteiger partial charge in [0.1, 0.15) is 16.7 Å². The van der Waals surface area contributed by atoms with Gasteiger partial charge in [0, 0.05) is 28.4 Å². The second-order valence-corrected chi connectivity index (χ2v) is 11.2. The molecule has 4 nitrogen and oxygen atoms in total. The van der Waals surface area contributed by atoms with Crippen molar-refractivity contribution in [2.45, 2.75) is 0 Å². The zero-order valence-electron chi connectivity index (χ0n) is 24.2. The summed E-state index contributed by atoms with van der Waals surface area (Å²) in [7, 11) is 0.